The van der Waals surface area contributed by atoms with Gasteiger partial charge in [0.2, 0.25) is 0 Å². The van der Waals surface area contributed by atoms with Crippen molar-refractivity contribution in [3.63, 3.8) is 0 Å². The van der Waals surface area contributed by atoms with Gasteiger partial charge < -0.3 is 4.74 Å². The largest absolute Gasteiger partial charge is 0.460 e. The Bertz CT molecular complexity index is 918. The van der Waals surface area contributed by atoms with E-state index in [1.807, 2.05) is 0 Å². The smallest absolute Gasteiger partial charge is 0.377 e. The van der Waals surface area contributed by atoms with E-state index in [1.54, 1.807) is 6.92 Å². The van der Waals surface area contributed by atoms with Gasteiger partial charge in [0.05, 0.1) is 6.10 Å². The van der Waals surface area contributed by atoms with Gasteiger partial charge in [0.15, 0.2) is 0 Å². The van der Waals surface area contributed by atoms with E-state index < -0.39 is 65.7 Å². The molecule has 0 fully saturated rings. The second kappa shape index (κ2) is 9.63. The molecule has 0 aliphatic heterocycles. The Morgan fingerprint density at radius 1 is 0.568 bits per heavy atom. The topological polar surface area (TPSA) is 9.23 Å². The van der Waals surface area contributed by atoms with Gasteiger partial charge in [-0.15, -0.1) is 0 Å². The standard InChI is InChI=1S/C19H15F17O/c1-3-9-4-6-10(7-5-9)11(37-2)8-12(20,21)13(22,23)14(24,25)15(26,27)16(28,29)17(30,31)18(32,33)19(34,35)36/h4-7,11H,3,8H2,1-2H3. The van der Waals surface area contributed by atoms with E-state index in [2.05, 4.69) is 4.74 Å². The minimum absolute atomic E-state index is 0.361. The fraction of sp³-hybridized carbons (Fsp3) is 0.684. The predicted molar refractivity (Wildman–Crippen MR) is 90.9 cm³/mol. The molecule has 0 radical (unpaired) electrons. The molecule has 0 bridgehead atoms. The lowest BCUT2D eigenvalue weighted by Gasteiger charge is -2.43. The Hall–Kier alpha value is -2.01. The van der Waals surface area contributed by atoms with E-state index in [0.29, 0.717) is 19.1 Å². The van der Waals surface area contributed by atoms with E-state index in [-0.39, 0.29) is 0 Å². The third kappa shape index (κ3) is 4.93. The molecule has 1 nitrogen and oxygen atoms in total. The molecule has 37 heavy (non-hydrogen) atoms. The number of rotatable bonds is 11. The van der Waals surface area contributed by atoms with E-state index in [1.165, 1.54) is 12.1 Å². The summed E-state index contributed by atoms with van der Waals surface area (Å²) in [5, 5.41) is 0. The molecule has 0 saturated heterocycles. The molecule has 0 amide bonds. The van der Waals surface area contributed by atoms with Crippen molar-refractivity contribution >= 4 is 0 Å². The fourth-order valence-electron chi connectivity index (χ4n) is 2.86. The van der Waals surface area contributed by atoms with Crippen molar-refractivity contribution in [2.75, 3.05) is 7.11 Å². The number of hydrogen-bond donors (Lipinski definition) is 0. The number of hydrogen-bond acceptors (Lipinski definition) is 1. The zero-order valence-corrected chi connectivity index (χ0v) is 18.1. The molecule has 0 spiro atoms. The van der Waals surface area contributed by atoms with Crippen molar-refractivity contribution < 1.29 is 79.4 Å². The molecule has 1 rings (SSSR count). The maximum absolute atomic E-state index is 14.2. The van der Waals surface area contributed by atoms with Gasteiger partial charge in [0.1, 0.15) is 0 Å². The summed E-state index contributed by atoms with van der Waals surface area (Å²) in [6.07, 6.45) is -12.4. The van der Waals surface area contributed by atoms with Crippen molar-refractivity contribution in [1.82, 2.24) is 0 Å². The maximum Gasteiger partial charge on any atom is 0.460 e. The molecule has 0 heterocycles. The minimum atomic E-state index is -8.64. The van der Waals surface area contributed by atoms with E-state index >= 15 is 0 Å². The molecule has 1 atom stereocenters. The lowest BCUT2D eigenvalue weighted by atomic mass is 9.87. The first-order valence-corrected chi connectivity index (χ1v) is 9.54. The van der Waals surface area contributed by atoms with Crippen LogP contribution in [0.25, 0.3) is 0 Å². The highest BCUT2D eigenvalue weighted by atomic mass is 19.4. The highest BCUT2D eigenvalue weighted by molar-refractivity contribution is 5.25. The summed E-state index contributed by atoms with van der Waals surface area (Å²) < 4.78 is 232. The van der Waals surface area contributed by atoms with E-state index in [0.717, 1.165) is 12.1 Å². The van der Waals surface area contributed by atoms with Crippen molar-refractivity contribution in [2.24, 2.45) is 0 Å². The quantitative estimate of drug-likeness (QED) is 0.239. The van der Waals surface area contributed by atoms with Gasteiger partial charge in [-0.3, -0.25) is 0 Å². The van der Waals surface area contributed by atoms with Crippen molar-refractivity contribution in [3.8, 4) is 0 Å². The second-order valence-electron chi connectivity index (χ2n) is 7.67. The van der Waals surface area contributed by atoms with Crippen LogP contribution < -0.4 is 0 Å². The van der Waals surface area contributed by atoms with Crippen molar-refractivity contribution in [3.05, 3.63) is 35.4 Å². The van der Waals surface area contributed by atoms with Gasteiger partial charge in [-0.05, 0) is 17.5 Å². The van der Waals surface area contributed by atoms with Crippen LogP contribution in [0.3, 0.4) is 0 Å². The van der Waals surface area contributed by atoms with E-state index in [9.17, 15) is 74.6 Å². The van der Waals surface area contributed by atoms with Crippen LogP contribution in [0.15, 0.2) is 24.3 Å². The number of ether oxygens (including phenoxy) is 1. The van der Waals surface area contributed by atoms with Crippen molar-refractivity contribution in [2.45, 2.75) is 73.5 Å². The average Bonchev–Trinajstić information content (AvgIpc) is 2.75. The lowest BCUT2D eigenvalue weighted by molar-refractivity contribution is -0.462. The molecule has 216 valence electrons. The summed E-state index contributed by atoms with van der Waals surface area (Å²) in [5.41, 5.74) is 0.0765. The van der Waals surface area contributed by atoms with Crippen LogP contribution in [-0.2, 0) is 11.2 Å². The summed E-state index contributed by atoms with van der Waals surface area (Å²) in [6, 6.07) is 4.32. The predicted octanol–water partition coefficient (Wildman–Crippen LogP) is 8.34. The Morgan fingerprint density at radius 3 is 1.24 bits per heavy atom. The Kier molecular flexibility index (Phi) is 8.59. The van der Waals surface area contributed by atoms with Gasteiger partial charge >= 0.3 is 47.6 Å². The van der Waals surface area contributed by atoms with Gasteiger partial charge in [-0.25, -0.2) is 0 Å². The van der Waals surface area contributed by atoms with Gasteiger partial charge in [-0.2, -0.15) is 74.6 Å². The molecular weight excluding hydrogens is 567 g/mol. The van der Waals surface area contributed by atoms with Crippen LogP contribution in [0.4, 0.5) is 74.6 Å². The molecular formula is C19H15F17O. The van der Waals surface area contributed by atoms with Crippen LogP contribution in [0.2, 0.25) is 0 Å². The molecule has 1 aromatic rings. The molecule has 1 aromatic carbocycles. The number of alkyl halides is 17. The highest BCUT2D eigenvalue weighted by Crippen LogP contribution is 2.64. The molecule has 18 heteroatoms. The summed E-state index contributed by atoms with van der Waals surface area (Å²) in [6.45, 7) is 1.61. The average molecular weight is 582 g/mol. The van der Waals surface area contributed by atoms with Crippen LogP contribution in [0.1, 0.15) is 30.6 Å². The van der Waals surface area contributed by atoms with Crippen LogP contribution >= 0.6 is 0 Å². The SMILES string of the molecule is CCc1ccc(C(CC(F)(F)C(F)(F)C(F)(F)C(F)(F)C(F)(F)C(F)(F)C(F)(F)C(F)(F)F)OC)cc1. The van der Waals surface area contributed by atoms with Crippen LogP contribution in [-0.4, -0.2) is 54.7 Å². The Labute approximate surface area is 196 Å². The first kappa shape index (κ1) is 33.0. The molecule has 1 unspecified atom stereocenters. The maximum atomic E-state index is 14.2. The zero-order chi connectivity index (χ0) is 29.7. The summed E-state index contributed by atoms with van der Waals surface area (Å²) in [4.78, 5) is 0. The molecule has 0 N–H and O–H groups in total. The molecule has 0 aliphatic carbocycles. The fourth-order valence-corrected chi connectivity index (χ4v) is 2.86. The zero-order valence-electron chi connectivity index (χ0n) is 18.1. The van der Waals surface area contributed by atoms with Gasteiger partial charge in [-0.1, -0.05) is 31.2 Å². The number of aryl methyl sites for hydroxylation is 1. The van der Waals surface area contributed by atoms with Crippen LogP contribution in [0, 0.1) is 0 Å². The third-order valence-corrected chi connectivity index (χ3v) is 5.27. The second-order valence-corrected chi connectivity index (χ2v) is 7.67. The van der Waals surface area contributed by atoms with E-state index in [4.69, 9.17) is 0 Å². The van der Waals surface area contributed by atoms with Gasteiger partial charge in [0, 0.05) is 13.5 Å². The summed E-state index contributed by atoms with van der Waals surface area (Å²) >= 11 is 0. The molecule has 0 aliphatic rings. The lowest BCUT2D eigenvalue weighted by Crippen LogP contribution is -2.74. The number of benzene rings is 1. The number of halogens is 17. The third-order valence-electron chi connectivity index (χ3n) is 5.27. The summed E-state index contributed by atoms with van der Waals surface area (Å²) in [5.74, 6) is -56.5. The van der Waals surface area contributed by atoms with Gasteiger partial charge in [0.25, 0.3) is 0 Å². The summed E-state index contributed by atoms with van der Waals surface area (Å²) in [7, 11) is 0.549. The Balaban J connectivity index is 3.55. The van der Waals surface area contributed by atoms with Crippen molar-refractivity contribution in [1.29, 1.82) is 0 Å². The first-order valence-electron chi connectivity index (χ1n) is 9.54. The molecule has 0 saturated carbocycles. The Morgan fingerprint density at radius 2 is 0.919 bits per heavy atom. The monoisotopic (exact) mass is 582 g/mol. The number of methoxy groups -OCH3 is 1. The minimum Gasteiger partial charge on any atom is -0.377 e. The highest BCUT2D eigenvalue weighted by Gasteiger charge is 2.95. The normalized spacial score (nSPS) is 16.2. The van der Waals surface area contributed by atoms with Crippen LogP contribution in [0.5, 0.6) is 0 Å². The molecule has 0 aromatic heterocycles. The first-order chi connectivity index (χ1) is 16.2.